The number of rotatable bonds is 6. The molecule has 7 nitrogen and oxygen atoms in total. The number of thiazole rings is 1. The highest BCUT2D eigenvalue weighted by Gasteiger charge is 2.24. The van der Waals surface area contributed by atoms with Gasteiger partial charge in [-0.05, 0) is 35.2 Å². The predicted molar refractivity (Wildman–Crippen MR) is 130 cm³/mol. The van der Waals surface area contributed by atoms with Crippen LogP contribution in [0.5, 0.6) is 0 Å². The van der Waals surface area contributed by atoms with E-state index in [0.717, 1.165) is 50.9 Å². The molecule has 8 heteroatoms. The second kappa shape index (κ2) is 8.29. The van der Waals surface area contributed by atoms with E-state index >= 15 is 0 Å². The van der Waals surface area contributed by atoms with Gasteiger partial charge in [0, 0.05) is 68.5 Å². The van der Waals surface area contributed by atoms with Gasteiger partial charge in [-0.2, -0.15) is 0 Å². The van der Waals surface area contributed by atoms with Gasteiger partial charge in [0.25, 0.3) is 0 Å². The van der Waals surface area contributed by atoms with Crippen molar-refractivity contribution in [2.45, 2.75) is 12.5 Å². The lowest BCUT2D eigenvalue weighted by Crippen LogP contribution is -2.56. The molecular formula is C24H24N6OS. The van der Waals surface area contributed by atoms with Gasteiger partial charge in [-0.15, -0.1) is 0 Å². The molecule has 2 N–H and O–H groups in total. The Kier molecular flexibility index (Phi) is 5.32. The third kappa shape index (κ3) is 4.06. The molecule has 5 rings (SSSR count). The molecule has 1 saturated heterocycles. The maximum Gasteiger partial charge on any atom is 0.185 e. The Morgan fingerprint density at radius 1 is 1.09 bits per heavy atom. The fourth-order valence-corrected chi connectivity index (χ4v) is 4.61. The van der Waals surface area contributed by atoms with Crippen LogP contribution in [-0.2, 0) is 6.42 Å². The van der Waals surface area contributed by atoms with E-state index in [0.29, 0.717) is 5.56 Å². The van der Waals surface area contributed by atoms with E-state index in [-0.39, 0.29) is 18.2 Å². The van der Waals surface area contributed by atoms with Gasteiger partial charge in [0.05, 0.1) is 11.3 Å². The molecule has 0 spiro atoms. The summed E-state index contributed by atoms with van der Waals surface area (Å²) >= 11 is 1.65. The third-order valence-electron chi connectivity index (χ3n) is 5.58. The Bertz CT molecular complexity index is 1290. The molecule has 1 fully saturated rings. The van der Waals surface area contributed by atoms with Crippen LogP contribution < -0.4 is 15.5 Å². The Balaban J connectivity index is 1.37. The molecule has 162 valence electrons. The van der Waals surface area contributed by atoms with Crippen LogP contribution in [0, 0.1) is 0 Å². The number of fused-ring (bicyclic) bond motifs is 1. The van der Waals surface area contributed by atoms with Crippen LogP contribution in [0.25, 0.3) is 21.2 Å². The van der Waals surface area contributed by atoms with Gasteiger partial charge in [-0.3, -0.25) is 9.78 Å². The van der Waals surface area contributed by atoms with E-state index in [1.54, 1.807) is 23.6 Å². The van der Waals surface area contributed by atoms with E-state index in [1.165, 1.54) is 0 Å². The van der Waals surface area contributed by atoms with Gasteiger partial charge in [-0.25, -0.2) is 9.97 Å². The molecule has 1 aliphatic heterocycles. The van der Waals surface area contributed by atoms with Crippen molar-refractivity contribution in [2.24, 2.45) is 5.73 Å². The number of nitrogens with two attached hydrogens (primary N) is 1. The minimum absolute atomic E-state index is 0.0274. The smallest absolute Gasteiger partial charge is 0.185 e. The highest BCUT2D eigenvalue weighted by Crippen LogP contribution is 2.32. The number of pyridine rings is 2. The Hall–Kier alpha value is -3.36. The monoisotopic (exact) mass is 444 g/mol. The largest absolute Gasteiger partial charge is 0.354 e. The fourth-order valence-electron chi connectivity index (χ4n) is 3.77. The molecule has 0 bridgehead atoms. The van der Waals surface area contributed by atoms with E-state index < -0.39 is 0 Å². The molecule has 0 saturated carbocycles. The number of carbonyl (C=O) groups excluding carboxylic acids is 1. The summed E-state index contributed by atoms with van der Waals surface area (Å²) in [7, 11) is 3.98. The number of anilines is 2. The van der Waals surface area contributed by atoms with E-state index in [4.69, 9.17) is 5.73 Å². The average molecular weight is 445 g/mol. The summed E-state index contributed by atoms with van der Waals surface area (Å²) in [5.41, 5.74) is 8.37. The zero-order valence-electron chi connectivity index (χ0n) is 18.0. The quantitative estimate of drug-likeness (QED) is 0.456. The summed E-state index contributed by atoms with van der Waals surface area (Å²) < 4.78 is 0. The van der Waals surface area contributed by atoms with E-state index in [9.17, 15) is 4.79 Å². The second-order valence-electron chi connectivity index (χ2n) is 8.31. The fraction of sp³-hybridized carbons (Fsp3) is 0.250. The summed E-state index contributed by atoms with van der Waals surface area (Å²) in [6.07, 6.45) is 5.66. The van der Waals surface area contributed by atoms with Crippen LogP contribution in [0.4, 0.5) is 10.9 Å². The molecule has 1 aliphatic rings. The van der Waals surface area contributed by atoms with Crippen LogP contribution in [0.3, 0.4) is 0 Å². The lowest BCUT2D eigenvalue weighted by atomic mass is 10.0. The molecule has 3 aromatic heterocycles. The van der Waals surface area contributed by atoms with Crippen LogP contribution in [0.2, 0.25) is 0 Å². The highest BCUT2D eigenvalue weighted by molar-refractivity contribution is 7.18. The summed E-state index contributed by atoms with van der Waals surface area (Å²) in [6, 6.07) is 12.1. The lowest BCUT2D eigenvalue weighted by molar-refractivity contribution is 0.0992. The number of carbonyl (C=O) groups is 1. The first-order valence-electron chi connectivity index (χ1n) is 10.5. The van der Waals surface area contributed by atoms with Gasteiger partial charge >= 0.3 is 0 Å². The first kappa shape index (κ1) is 20.5. The van der Waals surface area contributed by atoms with Crippen molar-refractivity contribution in [3.05, 3.63) is 66.2 Å². The second-order valence-corrected chi connectivity index (χ2v) is 9.32. The minimum Gasteiger partial charge on any atom is -0.354 e. The van der Waals surface area contributed by atoms with Crippen molar-refractivity contribution in [2.75, 3.05) is 37.0 Å². The first-order chi connectivity index (χ1) is 15.5. The first-order valence-corrected chi connectivity index (χ1v) is 11.3. The third-order valence-corrected chi connectivity index (χ3v) is 6.80. The van der Waals surface area contributed by atoms with Crippen molar-refractivity contribution < 1.29 is 4.79 Å². The maximum absolute atomic E-state index is 12.9. The molecule has 0 unspecified atom stereocenters. The Labute approximate surface area is 190 Å². The number of aromatic nitrogens is 3. The summed E-state index contributed by atoms with van der Waals surface area (Å²) in [5.74, 6) is 0.829. The van der Waals surface area contributed by atoms with Crippen molar-refractivity contribution >= 4 is 38.8 Å². The summed E-state index contributed by atoms with van der Waals surface area (Å²) in [6.45, 7) is 1.55. The Morgan fingerprint density at radius 2 is 1.94 bits per heavy atom. The Morgan fingerprint density at radius 3 is 2.69 bits per heavy atom. The molecule has 0 atom stereocenters. The molecule has 32 heavy (non-hydrogen) atoms. The molecule has 4 aromatic rings. The van der Waals surface area contributed by atoms with Crippen molar-refractivity contribution in [3.8, 4) is 10.4 Å². The number of Topliss-reactive ketones (excluding diaryl/α,β-unsaturated/α-hetero) is 1. The number of ketones is 1. The normalized spacial score (nSPS) is 13.9. The molecule has 0 aliphatic carbocycles. The van der Waals surface area contributed by atoms with Gasteiger partial charge < -0.3 is 15.5 Å². The number of hydrogen-bond acceptors (Lipinski definition) is 8. The molecule has 1 aromatic carbocycles. The van der Waals surface area contributed by atoms with E-state index in [1.807, 2.05) is 43.5 Å². The van der Waals surface area contributed by atoms with Crippen LogP contribution in [-0.4, -0.2) is 54.0 Å². The van der Waals surface area contributed by atoms with Crippen LogP contribution in [0.15, 0.2) is 55.0 Å². The van der Waals surface area contributed by atoms with Crippen LogP contribution in [0.1, 0.15) is 16.1 Å². The van der Waals surface area contributed by atoms with Gasteiger partial charge in [0.2, 0.25) is 0 Å². The molecule has 4 heterocycles. The van der Waals surface area contributed by atoms with Crippen molar-refractivity contribution in [1.29, 1.82) is 0 Å². The number of benzene rings is 1. The maximum atomic E-state index is 12.9. The molecular weight excluding hydrogens is 420 g/mol. The zero-order chi connectivity index (χ0) is 22.2. The van der Waals surface area contributed by atoms with Gasteiger partial charge in [0.15, 0.2) is 10.9 Å². The van der Waals surface area contributed by atoms with Crippen molar-refractivity contribution in [1.82, 2.24) is 15.0 Å². The molecule has 0 radical (unpaired) electrons. The number of hydrogen-bond donors (Lipinski definition) is 1. The standard InChI is InChI=1S/C24H24N6OS/c1-29(2)24-28-12-22(32-24)16-3-4-17-11-27-20(8-18(17)7-16)10-21(31)15-5-6-26-23(9-15)30-13-19(25)14-30/h3-9,11-12,19H,10,13-14,25H2,1-2H3. The van der Waals surface area contributed by atoms with E-state index in [2.05, 4.69) is 38.1 Å². The predicted octanol–water partition coefficient (Wildman–Crippen LogP) is 3.39. The SMILES string of the molecule is CN(C)c1ncc(-c2ccc3cnc(CC(=O)c4ccnc(N5CC(N)C5)c4)cc3c2)s1. The topological polar surface area (TPSA) is 88.2 Å². The minimum atomic E-state index is 0.0274. The number of nitrogens with zero attached hydrogens (tertiary/aromatic N) is 5. The van der Waals surface area contributed by atoms with Crippen LogP contribution >= 0.6 is 11.3 Å². The average Bonchev–Trinajstić information content (AvgIpc) is 3.27. The van der Waals surface area contributed by atoms with Gasteiger partial charge in [0.1, 0.15) is 5.82 Å². The lowest BCUT2D eigenvalue weighted by Gasteiger charge is -2.37. The highest BCUT2D eigenvalue weighted by atomic mass is 32.1. The summed E-state index contributed by atoms with van der Waals surface area (Å²) in [5, 5.41) is 3.07. The zero-order valence-corrected chi connectivity index (χ0v) is 18.8. The summed E-state index contributed by atoms with van der Waals surface area (Å²) in [4.78, 5) is 31.5. The van der Waals surface area contributed by atoms with Crippen molar-refractivity contribution in [3.63, 3.8) is 0 Å². The van der Waals surface area contributed by atoms with Gasteiger partial charge in [-0.1, -0.05) is 23.5 Å². The molecule has 0 amide bonds.